The molecule has 0 heterocycles. The maximum Gasteiger partial charge on any atom is 0.306 e. The molecule has 1 amide bonds. The molecule has 2 fully saturated rings. The van der Waals surface area contributed by atoms with Crippen molar-refractivity contribution < 1.29 is 19.1 Å². The van der Waals surface area contributed by atoms with Crippen molar-refractivity contribution in [3.05, 3.63) is 35.6 Å². The first-order valence-corrected chi connectivity index (χ1v) is 7.33. The predicted molar refractivity (Wildman–Crippen MR) is 74.2 cm³/mol. The van der Waals surface area contributed by atoms with Gasteiger partial charge in [-0.1, -0.05) is 12.1 Å². The molecule has 21 heavy (non-hydrogen) atoms. The number of aliphatic carboxylic acids is 1. The van der Waals surface area contributed by atoms with Gasteiger partial charge in [-0.05, 0) is 43.4 Å². The zero-order chi connectivity index (χ0) is 15.0. The quantitative estimate of drug-likeness (QED) is 0.894. The Hall–Kier alpha value is -1.91. The topological polar surface area (TPSA) is 66.4 Å². The van der Waals surface area contributed by atoms with Crippen molar-refractivity contribution in [1.29, 1.82) is 0 Å². The van der Waals surface area contributed by atoms with Crippen molar-refractivity contribution >= 4 is 11.9 Å². The van der Waals surface area contributed by atoms with Gasteiger partial charge in [-0.2, -0.15) is 0 Å². The minimum Gasteiger partial charge on any atom is -0.481 e. The number of halogens is 1. The summed E-state index contributed by atoms with van der Waals surface area (Å²) >= 11 is 0. The molecule has 0 bridgehead atoms. The van der Waals surface area contributed by atoms with E-state index >= 15 is 0 Å². The van der Waals surface area contributed by atoms with Gasteiger partial charge in [0.2, 0.25) is 5.91 Å². The highest BCUT2D eigenvalue weighted by Gasteiger charge is 2.42. The van der Waals surface area contributed by atoms with Gasteiger partial charge in [0.15, 0.2) is 0 Å². The SMILES string of the molecule is O=C(O)[C@@H]1CC[C@H](C(=O)N[C@@H]2C[C@H]2c2ccc(F)cc2)C1. The monoisotopic (exact) mass is 291 g/mol. The van der Waals surface area contributed by atoms with Crippen LogP contribution in [0.5, 0.6) is 0 Å². The van der Waals surface area contributed by atoms with Gasteiger partial charge in [-0.3, -0.25) is 9.59 Å². The minimum atomic E-state index is -0.805. The van der Waals surface area contributed by atoms with Gasteiger partial charge >= 0.3 is 5.97 Å². The van der Waals surface area contributed by atoms with Crippen LogP contribution in [0.3, 0.4) is 0 Å². The summed E-state index contributed by atoms with van der Waals surface area (Å²) < 4.78 is 12.9. The highest BCUT2D eigenvalue weighted by Crippen LogP contribution is 2.41. The van der Waals surface area contributed by atoms with E-state index in [0.29, 0.717) is 19.3 Å². The first-order chi connectivity index (χ1) is 10.0. The molecule has 1 aromatic carbocycles. The molecule has 112 valence electrons. The zero-order valence-corrected chi connectivity index (χ0v) is 11.6. The summed E-state index contributed by atoms with van der Waals surface area (Å²) in [5.41, 5.74) is 1.04. The molecule has 0 saturated heterocycles. The van der Waals surface area contributed by atoms with Gasteiger partial charge in [0, 0.05) is 17.9 Å². The third kappa shape index (κ3) is 3.06. The van der Waals surface area contributed by atoms with Crippen LogP contribution in [-0.2, 0) is 9.59 Å². The normalized spacial score (nSPS) is 30.9. The molecular formula is C16H18FNO3. The lowest BCUT2D eigenvalue weighted by atomic mass is 10.0. The highest BCUT2D eigenvalue weighted by atomic mass is 19.1. The lowest BCUT2D eigenvalue weighted by Gasteiger charge is -2.10. The maximum atomic E-state index is 12.9. The number of rotatable bonds is 4. The molecule has 2 aliphatic carbocycles. The summed E-state index contributed by atoms with van der Waals surface area (Å²) in [5, 5.41) is 12.0. The number of carbonyl (C=O) groups is 2. The number of benzene rings is 1. The Morgan fingerprint density at radius 1 is 1.10 bits per heavy atom. The smallest absolute Gasteiger partial charge is 0.306 e. The van der Waals surface area contributed by atoms with Crippen molar-refractivity contribution in [2.75, 3.05) is 0 Å². The van der Waals surface area contributed by atoms with Gasteiger partial charge in [0.25, 0.3) is 0 Å². The summed E-state index contributed by atoms with van der Waals surface area (Å²) in [4.78, 5) is 23.0. The third-order valence-electron chi connectivity index (χ3n) is 4.57. The fourth-order valence-corrected chi connectivity index (χ4v) is 3.18. The maximum absolute atomic E-state index is 12.9. The van der Waals surface area contributed by atoms with Crippen LogP contribution in [-0.4, -0.2) is 23.0 Å². The molecule has 5 heteroatoms. The lowest BCUT2D eigenvalue weighted by molar-refractivity contribution is -0.141. The second-order valence-corrected chi connectivity index (χ2v) is 6.05. The van der Waals surface area contributed by atoms with E-state index in [-0.39, 0.29) is 35.5 Å². The summed E-state index contributed by atoms with van der Waals surface area (Å²) in [5.74, 6) is -1.40. The van der Waals surface area contributed by atoms with E-state index in [1.54, 1.807) is 12.1 Å². The first kappa shape index (κ1) is 14.0. The molecular weight excluding hydrogens is 273 g/mol. The van der Waals surface area contributed by atoms with E-state index in [0.717, 1.165) is 12.0 Å². The summed E-state index contributed by atoms with van der Waals surface area (Å²) in [6, 6.07) is 6.47. The summed E-state index contributed by atoms with van der Waals surface area (Å²) in [6.07, 6.45) is 2.54. The van der Waals surface area contributed by atoms with Crippen molar-refractivity contribution in [1.82, 2.24) is 5.32 Å². The Labute approximate surface area is 122 Å². The Kier molecular flexibility index (Phi) is 3.66. The second-order valence-electron chi connectivity index (χ2n) is 6.05. The van der Waals surface area contributed by atoms with Gasteiger partial charge < -0.3 is 10.4 Å². The van der Waals surface area contributed by atoms with Crippen LogP contribution in [0.25, 0.3) is 0 Å². The Balaban J connectivity index is 1.51. The Morgan fingerprint density at radius 3 is 2.38 bits per heavy atom. The zero-order valence-electron chi connectivity index (χ0n) is 11.6. The van der Waals surface area contributed by atoms with Crippen LogP contribution >= 0.6 is 0 Å². The molecule has 0 unspecified atom stereocenters. The van der Waals surface area contributed by atoms with Gasteiger partial charge in [0.05, 0.1) is 5.92 Å². The van der Waals surface area contributed by atoms with E-state index in [2.05, 4.69) is 5.32 Å². The molecule has 2 aliphatic rings. The molecule has 4 nitrogen and oxygen atoms in total. The molecule has 0 radical (unpaired) electrons. The van der Waals surface area contributed by atoms with Gasteiger partial charge in [-0.15, -0.1) is 0 Å². The van der Waals surface area contributed by atoms with Crippen LogP contribution in [0.15, 0.2) is 24.3 Å². The van der Waals surface area contributed by atoms with E-state index in [9.17, 15) is 14.0 Å². The van der Waals surface area contributed by atoms with Crippen LogP contribution in [0.1, 0.15) is 37.2 Å². The van der Waals surface area contributed by atoms with Crippen LogP contribution in [0.2, 0.25) is 0 Å². The number of carboxylic acids is 1. The third-order valence-corrected chi connectivity index (χ3v) is 4.57. The number of carbonyl (C=O) groups excluding carboxylic acids is 1. The fourth-order valence-electron chi connectivity index (χ4n) is 3.18. The van der Waals surface area contributed by atoms with E-state index < -0.39 is 5.97 Å². The molecule has 4 atom stereocenters. The van der Waals surface area contributed by atoms with E-state index in [1.807, 2.05) is 0 Å². The van der Waals surface area contributed by atoms with Crippen molar-refractivity contribution in [3.63, 3.8) is 0 Å². The summed E-state index contributed by atoms with van der Waals surface area (Å²) in [7, 11) is 0. The average molecular weight is 291 g/mol. The Bertz CT molecular complexity index is 557. The number of hydrogen-bond acceptors (Lipinski definition) is 2. The highest BCUT2D eigenvalue weighted by molar-refractivity contribution is 5.81. The molecule has 0 aromatic heterocycles. The lowest BCUT2D eigenvalue weighted by Crippen LogP contribution is -2.32. The molecule has 0 aliphatic heterocycles. The van der Waals surface area contributed by atoms with Crippen LogP contribution in [0, 0.1) is 17.7 Å². The molecule has 0 spiro atoms. The largest absolute Gasteiger partial charge is 0.481 e. The van der Waals surface area contributed by atoms with Crippen molar-refractivity contribution in [2.24, 2.45) is 11.8 Å². The molecule has 3 rings (SSSR count). The molecule has 1 aromatic rings. The number of carboxylic acid groups (broad SMARTS) is 1. The van der Waals surface area contributed by atoms with Crippen LogP contribution < -0.4 is 5.32 Å². The van der Waals surface area contributed by atoms with Crippen molar-refractivity contribution in [2.45, 2.75) is 37.6 Å². The first-order valence-electron chi connectivity index (χ1n) is 7.33. The fraction of sp³-hybridized carbons (Fsp3) is 0.500. The van der Waals surface area contributed by atoms with Gasteiger partial charge in [-0.25, -0.2) is 4.39 Å². The second kappa shape index (κ2) is 5.47. The Morgan fingerprint density at radius 2 is 1.76 bits per heavy atom. The average Bonchev–Trinajstić information content (AvgIpc) is 3.03. The number of amides is 1. The minimum absolute atomic E-state index is 0.0339. The van der Waals surface area contributed by atoms with E-state index in [4.69, 9.17) is 5.11 Å². The number of nitrogens with one attached hydrogen (secondary N) is 1. The number of hydrogen-bond donors (Lipinski definition) is 2. The van der Waals surface area contributed by atoms with Crippen LogP contribution in [0.4, 0.5) is 4.39 Å². The molecule has 2 saturated carbocycles. The molecule has 2 N–H and O–H groups in total. The predicted octanol–water partition coefficient (Wildman–Crippen LogP) is 2.30. The van der Waals surface area contributed by atoms with Crippen molar-refractivity contribution in [3.8, 4) is 0 Å². The standard InChI is InChI=1S/C16H18FNO3/c17-12-5-3-9(4-6-12)13-8-14(13)18-15(19)10-1-2-11(7-10)16(20)21/h3-6,10-11,13-14H,1-2,7-8H2,(H,18,19)(H,20,21)/t10-,11+,13-,14+/m0/s1. The summed E-state index contributed by atoms with van der Waals surface area (Å²) in [6.45, 7) is 0. The van der Waals surface area contributed by atoms with E-state index in [1.165, 1.54) is 12.1 Å². The van der Waals surface area contributed by atoms with Gasteiger partial charge in [0.1, 0.15) is 5.82 Å².